The monoisotopic (exact) mass is 244 g/mol. The van der Waals surface area contributed by atoms with Gasteiger partial charge in [0.25, 0.3) is 0 Å². The Morgan fingerprint density at radius 2 is 2.19 bits per heavy atom. The Hall–Kier alpha value is -1.80. The second-order valence-electron chi connectivity index (χ2n) is 2.95. The summed E-state index contributed by atoms with van der Waals surface area (Å²) < 4.78 is 32.5. The van der Waals surface area contributed by atoms with E-state index in [2.05, 4.69) is 9.97 Å². The van der Waals surface area contributed by atoms with Crippen LogP contribution in [0.25, 0.3) is 11.0 Å². The number of hydrogen-bond acceptors (Lipinski definition) is 3. The summed E-state index contributed by atoms with van der Waals surface area (Å²) in [5, 5.41) is 8.48. The molecule has 1 atom stereocenters. The van der Waals surface area contributed by atoms with Crippen molar-refractivity contribution in [2.45, 2.75) is 5.16 Å². The van der Waals surface area contributed by atoms with E-state index in [9.17, 15) is 13.4 Å². The van der Waals surface area contributed by atoms with Crippen LogP contribution in [-0.2, 0) is 11.1 Å². The van der Waals surface area contributed by atoms with Gasteiger partial charge >= 0.3 is 5.97 Å². The molecule has 0 aliphatic rings. The van der Waals surface area contributed by atoms with Crippen LogP contribution in [0.3, 0.4) is 0 Å². The van der Waals surface area contributed by atoms with Crippen molar-refractivity contribution in [3.05, 3.63) is 23.5 Å². The first-order chi connectivity index (χ1) is 7.49. The highest BCUT2D eigenvalue weighted by atomic mass is 32.2. The van der Waals surface area contributed by atoms with Gasteiger partial charge < -0.3 is 10.1 Å². The molecule has 2 aromatic rings. The Balaban J connectivity index is 2.80. The fourth-order valence-electron chi connectivity index (χ4n) is 1.31. The Morgan fingerprint density at radius 3 is 2.75 bits per heavy atom. The third-order valence-electron chi connectivity index (χ3n) is 1.93. The van der Waals surface area contributed by atoms with Crippen molar-refractivity contribution in [3.63, 3.8) is 0 Å². The van der Waals surface area contributed by atoms with E-state index < -0.39 is 22.9 Å². The Morgan fingerprint density at radius 1 is 1.50 bits per heavy atom. The summed E-state index contributed by atoms with van der Waals surface area (Å²) in [6, 6.07) is 1.81. The van der Waals surface area contributed by atoms with Gasteiger partial charge in [-0.05, 0) is 12.1 Å². The standard InChI is InChI=1S/C8H5FN2O4S/c9-3-1-4(7(12)13)6-5(2-3)10-8(11-6)16(14)15/h1-2H,(H,10,11)(H,12,13)(H,14,15). The molecule has 0 saturated carbocycles. The van der Waals surface area contributed by atoms with Crippen molar-refractivity contribution in [1.82, 2.24) is 9.97 Å². The normalized spacial score (nSPS) is 12.9. The lowest BCUT2D eigenvalue weighted by Crippen LogP contribution is -1.98. The van der Waals surface area contributed by atoms with Crippen molar-refractivity contribution < 1.29 is 23.1 Å². The number of aromatic nitrogens is 2. The fraction of sp³-hybridized carbons (Fsp3) is 0. The summed E-state index contributed by atoms with van der Waals surface area (Å²) >= 11 is -2.37. The second kappa shape index (κ2) is 3.65. The molecule has 3 N–H and O–H groups in total. The van der Waals surface area contributed by atoms with Crippen molar-refractivity contribution in [2.24, 2.45) is 0 Å². The first-order valence-electron chi connectivity index (χ1n) is 4.02. The number of aromatic amines is 1. The summed E-state index contributed by atoms with van der Waals surface area (Å²) in [7, 11) is 0. The molecule has 1 aromatic carbocycles. The van der Waals surface area contributed by atoms with Gasteiger partial charge in [-0.2, -0.15) is 0 Å². The van der Waals surface area contributed by atoms with Gasteiger partial charge in [0.1, 0.15) is 11.3 Å². The lowest BCUT2D eigenvalue weighted by Gasteiger charge is -1.95. The minimum atomic E-state index is -2.37. The molecule has 84 valence electrons. The van der Waals surface area contributed by atoms with E-state index in [4.69, 9.17) is 9.66 Å². The molecule has 1 aromatic heterocycles. The number of H-pyrrole nitrogens is 1. The van der Waals surface area contributed by atoms with Gasteiger partial charge in [0.05, 0.1) is 11.1 Å². The summed E-state index contributed by atoms with van der Waals surface area (Å²) in [6.07, 6.45) is 0. The van der Waals surface area contributed by atoms with Gasteiger partial charge in [-0.3, -0.25) is 4.55 Å². The number of imidazole rings is 1. The quantitative estimate of drug-likeness (QED) is 0.683. The fourth-order valence-corrected chi connectivity index (χ4v) is 1.67. The van der Waals surface area contributed by atoms with Crippen LogP contribution in [-0.4, -0.2) is 29.8 Å². The minimum Gasteiger partial charge on any atom is -0.478 e. The maximum absolute atomic E-state index is 13.0. The maximum Gasteiger partial charge on any atom is 0.338 e. The summed E-state index contributed by atoms with van der Waals surface area (Å²) in [6.45, 7) is 0. The van der Waals surface area contributed by atoms with Gasteiger partial charge in [0.2, 0.25) is 16.2 Å². The number of carboxylic acid groups (broad SMARTS) is 1. The molecule has 6 nitrogen and oxygen atoms in total. The van der Waals surface area contributed by atoms with Crippen molar-refractivity contribution in [2.75, 3.05) is 0 Å². The molecule has 0 amide bonds. The third kappa shape index (κ3) is 1.68. The molecule has 0 radical (unpaired) electrons. The lowest BCUT2D eigenvalue weighted by molar-refractivity contribution is 0.0698. The molecule has 0 fully saturated rings. The summed E-state index contributed by atoms with van der Waals surface area (Å²) in [5.41, 5.74) is -0.343. The van der Waals surface area contributed by atoms with Crippen LogP contribution in [0.1, 0.15) is 10.4 Å². The Kier molecular flexibility index (Phi) is 2.44. The van der Waals surface area contributed by atoms with Gasteiger partial charge in [-0.1, -0.05) is 0 Å². The molecular weight excluding hydrogens is 239 g/mol. The van der Waals surface area contributed by atoms with E-state index in [-0.39, 0.29) is 21.8 Å². The van der Waals surface area contributed by atoms with E-state index in [0.29, 0.717) is 0 Å². The Labute approximate surface area is 90.4 Å². The molecule has 8 heteroatoms. The molecule has 2 rings (SSSR count). The smallest absolute Gasteiger partial charge is 0.338 e. The average molecular weight is 244 g/mol. The first-order valence-corrected chi connectivity index (χ1v) is 5.13. The molecule has 0 aliphatic carbocycles. The SMILES string of the molecule is O=C(O)c1cc(F)cc2[nH]c(S(=O)O)nc12. The summed E-state index contributed by atoms with van der Waals surface area (Å²) in [5.74, 6) is -2.12. The molecule has 0 saturated heterocycles. The van der Waals surface area contributed by atoms with Crippen LogP contribution in [0.4, 0.5) is 4.39 Å². The van der Waals surface area contributed by atoms with Gasteiger partial charge in [-0.15, -0.1) is 0 Å². The van der Waals surface area contributed by atoms with E-state index in [0.717, 1.165) is 12.1 Å². The van der Waals surface area contributed by atoms with Crippen molar-refractivity contribution >= 4 is 28.1 Å². The van der Waals surface area contributed by atoms with Crippen LogP contribution in [0.15, 0.2) is 17.3 Å². The number of aromatic carboxylic acids is 1. The minimum absolute atomic E-state index is 0.0497. The molecule has 1 unspecified atom stereocenters. The number of nitrogens with zero attached hydrogens (tertiary/aromatic N) is 1. The molecule has 16 heavy (non-hydrogen) atoms. The molecule has 0 aliphatic heterocycles. The molecule has 0 spiro atoms. The topological polar surface area (TPSA) is 103 Å². The number of rotatable bonds is 2. The molecular formula is C8H5FN2O4S. The van der Waals surface area contributed by atoms with E-state index >= 15 is 0 Å². The summed E-state index contributed by atoms with van der Waals surface area (Å²) in [4.78, 5) is 16.8. The number of carboxylic acids is 1. The van der Waals surface area contributed by atoms with Gasteiger partial charge in [-0.25, -0.2) is 18.4 Å². The van der Waals surface area contributed by atoms with Crippen LogP contribution in [0, 0.1) is 5.82 Å². The lowest BCUT2D eigenvalue weighted by atomic mass is 10.2. The number of benzene rings is 1. The average Bonchev–Trinajstić information content (AvgIpc) is 2.59. The second-order valence-corrected chi connectivity index (χ2v) is 3.83. The van der Waals surface area contributed by atoms with Crippen LogP contribution in [0.2, 0.25) is 0 Å². The first kappa shape index (κ1) is 10.7. The maximum atomic E-state index is 13.0. The Bertz CT molecular complexity index is 609. The molecule has 1 heterocycles. The zero-order chi connectivity index (χ0) is 11.9. The van der Waals surface area contributed by atoms with Crippen molar-refractivity contribution in [3.8, 4) is 0 Å². The predicted molar refractivity (Wildman–Crippen MR) is 52.0 cm³/mol. The highest BCUT2D eigenvalue weighted by Crippen LogP contribution is 2.19. The molecule has 0 bridgehead atoms. The number of nitrogens with one attached hydrogen (secondary N) is 1. The van der Waals surface area contributed by atoms with Crippen LogP contribution < -0.4 is 0 Å². The number of hydrogen-bond donors (Lipinski definition) is 3. The van der Waals surface area contributed by atoms with E-state index in [1.54, 1.807) is 0 Å². The van der Waals surface area contributed by atoms with Gasteiger partial charge in [0.15, 0.2) is 0 Å². The van der Waals surface area contributed by atoms with Crippen LogP contribution in [0.5, 0.6) is 0 Å². The highest BCUT2D eigenvalue weighted by molar-refractivity contribution is 7.79. The van der Waals surface area contributed by atoms with E-state index in [1.807, 2.05) is 0 Å². The van der Waals surface area contributed by atoms with Crippen molar-refractivity contribution in [1.29, 1.82) is 0 Å². The van der Waals surface area contributed by atoms with E-state index in [1.165, 1.54) is 0 Å². The third-order valence-corrected chi connectivity index (χ3v) is 2.45. The number of carbonyl (C=O) groups is 1. The predicted octanol–water partition coefficient (Wildman–Crippen LogP) is 0.981. The van der Waals surface area contributed by atoms with Crippen LogP contribution >= 0.6 is 0 Å². The number of halogens is 1. The highest BCUT2D eigenvalue weighted by Gasteiger charge is 2.16. The zero-order valence-corrected chi connectivity index (χ0v) is 8.42. The zero-order valence-electron chi connectivity index (χ0n) is 7.60. The van der Waals surface area contributed by atoms with Gasteiger partial charge in [0, 0.05) is 0 Å². The largest absolute Gasteiger partial charge is 0.478 e. The number of fused-ring (bicyclic) bond motifs is 1.